The first kappa shape index (κ1) is 28.2. The highest BCUT2D eigenvalue weighted by Gasteiger charge is 2.43. The van der Waals surface area contributed by atoms with Gasteiger partial charge in [0.05, 0.1) is 12.1 Å². The Morgan fingerprint density at radius 3 is 2.19 bits per heavy atom. The lowest BCUT2D eigenvalue weighted by Crippen LogP contribution is -2.57. The van der Waals surface area contributed by atoms with Crippen LogP contribution in [0.2, 0.25) is 0 Å². The van der Waals surface area contributed by atoms with Crippen LogP contribution < -0.4 is 16.8 Å². The number of carbonyl (C=O) groups excluding carboxylic acids is 3. The lowest BCUT2D eigenvalue weighted by atomic mass is 9.76. The van der Waals surface area contributed by atoms with E-state index in [1.807, 2.05) is 0 Å². The smallest absolute Gasteiger partial charge is 0.408 e. The second-order valence-electron chi connectivity index (χ2n) is 11.8. The Morgan fingerprint density at radius 2 is 1.61 bits per heavy atom. The van der Waals surface area contributed by atoms with Gasteiger partial charge in [-0.3, -0.25) is 9.59 Å². The molecule has 10 heteroatoms. The van der Waals surface area contributed by atoms with Crippen LogP contribution in [0.1, 0.15) is 91.4 Å². The van der Waals surface area contributed by atoms with Crippen molar-refractivity contribution in [3.63, 3.8) is 0 Å². The molecule has 2 amide bonds. The molecule has 3 fully saturated rings. The van der Waals surface area contributed by atoms with E-state index in [0.29, 0.717) is 13.0 Å². The van der Waals surface area contributed by atoms with Crippen LogP contribution >= 0.6 is 0 Å². The van der Waals surface area contributed by atoms with Crippen molar-refractivity contribution in [2.75, 3.05) is 6.54 Å². The molecular weight excluding hydrogens is 462 g/mol. The standard InChI is InChI=1S/C26H45N5O5/c1-26(2,3)36-25(34)29-21(17-8-5-4-6-9-17)24(33)31-15-7-10-19(31)22(32)20(27)16-11-13-18(14-12-16)23(28)30-35/h16-21,35H,4-15,27H2,1-3H3,(H2,28,30)(H,29,34)/t16?,18?,19-,20?,21+/m0/s1. The van der Waals surface area contributed by atoms with Gasteiger partial charge < -0.3 is 31.6 Å². The monoisotopic (exact) mass is 507 g/mol. The number of Topliss-reactive ketones (excluding diaryl/α,β-unsaturated/α-hetero) is 1. The van der Waals surface area contributed by atoms with E-state index < -0.39 is 29.8 Å². The van der Waals surface area contributed by atoms with Crippen LogP contribution in [0.15, 0.2) is 5.16 Å². The summed E-state index contributed by atoms with van der Waals surface area (Å²) in [4.78, 5) is 41.6. The molecular formula is C26H45N5O5. The molecule has 0 spiro atoms. The van der Waals surface area contributed by atoms with Gasteiger partial charge in [0.1, 0.15) is 17.5 Å². The van der Waals surface area contributed by atoms with Crippen molar-refractivity contribution in [2.45, 2.75) is 115 Å². The summed E-state index contributed by atoms with van der Waals surface area (Å²) in [6.45, 7) is 5.86. The first-order valence-electron chi connectivity index (χ1n) is 13.6. The van der Waals surface area contributed by atoms with Gasteiger partial charge >= 0.3 is 6.09 Å². The van der Waals surface area contributed by atoms with Crippen molar-refractivity contribution in [3.05, 3.63) is 0 Å². The van der Waals surface area contributed by atoms with Crippen LogP contribution in [0.3, 0.4) is 0 Å². The van der Waals surface area contributed by atoms with Crippen molar-refractivity contribution in [2.24, 2.45) is 34.4 Å². The van der Waals surface area contributed by atoms with E-state index >= 15 is 0 Å². The van der Waals surface area contributed by atoms with E-state index in [2.05, 4.69) is 10.5 Å². The predicted octanol–water partition coefficient (Wildman–Crippen LogP) is 2.90. The van der Waals surface area contributed by atoms with Crippen LogP contribution in [-0.4, -0.2) is 64.0 Å². The lowest BCUT2D eigenvalue weighted by molar-refractivity contribution is -0.141. The highest BCUT2D eigenvalue weighted by Crippen LogP contribution is 2.33. The number of ketones is 1. The molecule has 1 saturated heterocycles. The number of nitrogens with two attached hydrogens (primary N) is 2. The third kappa shape index (κ3) is 7.11. The summed E-state index contributed by atoms with van der Waals surface area (Å²) in [5.41, 5.74) is 11.6. The summed E-state index contributed by atoms with van der Waals surface area (Å²) in [5, 5.41) is 14.9. The molecule has 36 heavy (non-hydrogen) atoms. The summed E-state index contributed by atoms with van der Waals surface area (Å²) >= 11 is 0. The molecule has 0 radical (unpaired) electrons. The largest absolute Gasteiger partial charge is 0.444 e. The number of alkyl carbamates (subject to hydrolysis) is 1. The van der Waals surface area contributed by atoms with Gasteiger partial charge in [0.2, 0.25) is 5.91 Å². The van der Waals surface area contributed by atoms with Gasteiger partial charge in [0.15, 0.2) is 5.78 Å². The summed E-state index contributed by atoms with van der Waals surface area (Å²) in [6.07, 6.45) is 8.49. The van der Waals surface area contributed by atoms with Crippen LogP contribution in [0.4, 0.5) is 4.79 Å². The zero-order chi connectivity index (χ0) is 26.5. The molecule has 2 aliphatic carbocycles. The topological polar surface area (TPSA) is 160 Å². The van der Waals surface area contributed by atoms with Crippen LogP contribution in [0.25, 0.3) is 0 Å². The molecule has 0 bridgehead atoms. The molecule has 3 aliphatic rings. The number of likely N-dealkylation sites (tertiary alicyclic amines) is 1. The van der Waals surface area contributed by atoms with E-state index in [4.69, 9.17) is 21.4 Å². The van der Waals surface area contributed by atoms with Crippen LogP contribution in [0.5, 0.6) is 0 Å². The fourth-order valence-electron chi connectivity index (χ4n) is 6.10. The highest BCUT2D eigenvalue weighted by atomic mass is 16.6. The van der Waals surface area contributed by atoms with Crippen molar-refractivity contribution in [3.8, 4) is 0 Å². The molecule has 3 atom stereocenters. The number of nitrogens with zero attached hydrogens (tertiary/aromatic N) is 2. The molecule has 10 nitrogen and oxygen atoms in total. The highest BCUT2D eigenvalue weighted by molar-refractivity contribution is 5.95. The SMILES string of the molecule is CC(C)(C)OC(=O)N[C@@H](C(=O)N1CCC[C@H]1C(=O)C(N)C1CCC(/C(N)=N\O)CC1)C1CCCCC1. The number of nitrogens with one attached hydrogen (secondary N) is 1. The molecule has 3 rings (SSSR count). The molecule has 0 aromatic rings. The Labute approximate surface area is 214 Å². The number of carbonyl (C=O) groups is 3. The molecule has 0 aromatic carbocycles. The minimum Gasteiger partial charge on any atom is -0.444 e. The van der Waals surface area contributed by atoms with Crippen molar-refractivity contribution in [1.82, 2.24) is 10.2 Å². The summed E-state index contributed by atoms with van der Waals surface area (Å²) in [6, 6.07) is -1.94. The van der Waals surface area contributed by atoms with E-state index in [-0.39, 0.29) is 35.3 Å². The van der Waals surface area contributed by atoms with Crippen molar-refractivity contribution < 1.29 is 24.3 Å². The maximum atomic E-state index is 13.8. The number of hydrogen-bond acceptors (Lipinski definition) is 7. The number of oxime groups is 1. The average Bonchev–Trinajstić information content (AvgIpc) is 3.35. The minimum absolute atomic E-state index is 0.00632. The average molecular weight is 508 g/mol. The summed E-state index contributed by atoms with van der Waals surface area (Å²) < 4.78 is 5.46. The Balaban J connectivity index is 1.69. The van der Waals surface area contributed by atoms with Gasteiger partial charge in [-0.25, -0.2) is 4.79 Å². The molecule has 1 unspecified atom stereocenters. The molecule has 1 aliphatic heterocycles. The van der Waals surface area contributed by atoms with Gasteiger partial charge in [0.25, 0.3) is 0 Å². The Bertz CT molecular complexity index is 812. The van der Waals surface area contributed by atoms with Crippen LogP contribution in [-0.2, 0) is 14.3 Å². The van der Waals surface area contributed by atoms with Gasteiger partial charge in [-0.2, -0.15) is 0 Å². The number of hydrogen-bond donors (Lipinski definition) is 4. The second-order valence-corrected chi connectivity index (χ2v) is 11.8. The zero-order valence-electron chi connectivity index (χ0n) is 22.1. The predicted molar refractivity (Wildman–Crippen MR) is 136 cm³/mol. The molecule has 204 valence electrons. The summed E-state index contributed by atoms with van der Waals surface area (Å²) in [7, 11) is 0. The lowest BCUT2D eigenvalue weighted by Gasteiger charge is -2.36. The van der Waals surface area contributed by atoms with E-state index in [0.717, 1.165) is 64.2 Å². The van der Waals surface area contributed by atoms with E-state index in [1.54, 1.807) is 25.7 Å². The van der Waals surface area contributed by atoms with Gasteiger partial charge in [-0.1, -0.05) is 24.4 Å². The van der Waals surface area contributed by atoms with Gasteiger partial charge in [0, 0.05) is 12.5 Å². The third-order valence-corrected chi connectivity index (χ3v) is 8.07. The quantitative estimate of drug-likeness (QED) is 0.178. The Morgan fingerprint density at radius 1 is 0.972 bits per heavy atom. The molecule has 2 saturated carbocycles. The first-order chi connectivity index (χ1) is 17.0. The zero-order valence-corrected chi connectivity index (χ0v) is 22.1. The number of amides is 2. The first-order valence-corrected chi connectivity index (χ1v) is 13.6. The second kappa shape index (κ2) is 12.3. The Kier molecular flexibility index (Phi) is 9.60. The Hall–Kier alpha value is -2.36. The normalized spacial score (nSPS) is 27.8. The number of ether oxygens (including phenoxy) is 1. The van der Waals surface area contributed by atoms with Gasteiger partial charge in [-0.15, -0.1) is 0 Å². The van der Waals surface area contributed by atoms with E-state index in [1.165, 1.54) is 0 Å². The van der Waals surface area contributed by atoms with Crippen LogP contribution in [0, 0.1) is 17.8 Å². The number of amidine groups is 1. The fraction of sp³-hybridized carbons (Fsp3) is 0.846. The van der Waals surface area contributed by atoms with Crippen molar-refractivity contribution >= 4 is 23.6 Å². The fourth-order valence-corrected chi connectivity index (χ4v) is 6.10. The molecule has 6 N–H and O–H groups in total. The number of rotatable bonds is 7. The summed E-state index contributed by atoms with van der Waals surface area (Å²) in [5.74, 6) is -0.0378. The maximum absolute atomic E-state index is 13.8. The maximum Gasteiger partial charge on any atom is 0.408 e. The third-order valence-electron chi connectivity index (χ3n) is 8.07. The molecule has 1 heterocycles. The van der Waals surface area contributed by atoms with Crippen molar-refractivity contribution in [1.29, 1.82) is 0 Å². The van der Waals surface area contributed by atoms with E-state index in [9.17, 15) is 14.4 Å². The minimum atomic E-state index is -0.707. The van der Waals surface area contributed by atoms with Gasteiger partial charge in [-0.05, 0) is 84.0 Å². The molecule has 0 aromatic heterocycles.